The lowest BCUT2D eigenvalue weighted by Crippen LogP contribution is -2.18. The molecule has 1 aliphatic carbocycles. The van der Waals surface area contributed by atoms with Gasteiger partial charge in [0.15, 0.2) is 0 Å². The molecule has 0 heterocycles. The maximum Gasteiger partial charge on any atom is 0.0777 e. The number of halogens is 1. The summed E-state index contributed by atoms with van der Waals surface area (Å²) in [5.41, 5.74) is 3.76. The van der Waals surface area contributed by atoms with Gasteiger partial charge in [0.2, 0.25) is 0 Å². The van der Waals surface area contributed by atoms with Crippen molar-refractivity contribution in [3.8, 4) is 0 Å². The SMILES string of the molecule is C=C(CCCC1CCC(CCC(=C)N(c2ccccc2)c2cccc(Cl)c2)CC1)N=O. The number of nitroso groups, excluding NO2 is 1. The highest BCUT2D eigenvalue weighted by molar-refractivity contribution is 6.30. The number of anilines is 2. The number of rotatable bonds is 11. The van der Waals surface area contributed by atoms with Crippen LogP contribution in [-0.2, 0) is 0 Å². The molecule has 0 N–H and O–H groups in total. The first kappa shape index (κ1) is 23.3. The molecule has 0 saturated heterocycles. The number of para-hydroxylation sites is 1. The second-order valence-electron chi connectivity index (χ2n) is 8.69. The molecule has 1 fully saturated rings. The van der Waals surface area contributed by atoms with Crippen molar-refractivity contribution in [2.45, 2.75) is 57.8 Å². The Hall–Kier alpha value is -2.39. The largest absolute Gasteiger partial charge is 0.315 e. The van der Waals surface area contributed by atoms with E-state index in [0.717, 1.165) is 53.2 Å². The Kier molecular flexibility index (Phi) is 8.90. The van der Waals surface area contributed by atoms with E-state index >= 15 is 0 Å². The monoisotopic (exact) mass is 436 g/mol. The van der Waals surface area contributed by atoms with Crippen LogP contribution in [0, 0.1) is 16.7 Å². The molecule has 1 saturated carbocycles. The zero-order valence-corrected chi connectivity index (χ0v) is 19.1. The maximum absolute atomic E-state index is 10.4. The zero-order valence-electron chi connectivity index (χ0n) is 18.3. The van der Waals surface area contributed by atoms with Crippen molar-refractivity contribution in [3.05, 3.63) is 89.1 Å². The summed E-state index contributed by atoms with van der Waals surface area (Å²) in [4.78, 5) is 12.7. The number of hydrogen-bond acceptors (Lipinski definition) is 3. The molecule has 0 radical (unpaired) electrons. The summed E-state index contributed by atoms with van der Waals surface area (Å²) in [5.74, 6) is 1.54. The normalized spacial score (nSPS) is 18.4. The Bertz CT molecular complexity index is 872. The Balaban J connectivity index is 1.52. The van der Waals surface area contributed by atoms with E-state index in [-0.39, 0.29) is 0 Å². The first-order valence-electron chi connectivity index (χ1n) is 11.4. The number of allylic oxidation sites excluding steroid dienone is 2. The first-order chi connectivity index (χ1) is 15.1. The summed E-state index contributed by atoms with van der Waals surface area (Å²) < 4.78 is 0. The van der Waals surface area contributed by atoms with Gasteiger partial charge in [-0.25, -0.2) is 0 Å². The van der Waals surface area contributed by atoms with E-state index in [9.17, 15) is 4.91 Å². The number of nitrogens with zero attached hydrogens (tertiary/aromatic N) is 2. The summed E-state index contributed by atoms with van der Waals surface area (Å²) in [5, 5.41) is 3.66. The van der Waals surface area contributed by atoms with Gasteiger partial charge in [0.05, 0.1) is 5.70 Å². The molecule has 0 aromatic heterocycles. The molecular weight excluding hydrogens is 404 g/mol. The summed E-state index contributed by atoms with van der Waals surface area (Å²) in [6.07, 6.45) is 10.2. The van der Waals surface area contributed by atoms with Gasteiger partial charge in [0.25, 0.3) is 0 Å². The first-order valence-corrected chi connectivity index (χ1v) is 11.7. The summed E-state index contributed by atoms with van der Waals surface area (Å²) in [6, 6.07) is 18.4. The van der Waals surface area contributed by atoms with Gasteiger partial charge in [-0.1, -0.05) is 81.1 Å². The molecule has 0 unspecified atom stereocenters. The van der Waals surface area contributed by atoms with Crippen molar-refractivity contribution in [2.75, 3.05) is 4.90 Å². The third-order valence-electron chi connectivity index (χ3n) is 6.41. The predicted molar refractivity (Wildman–Crippen MR) is 133 cm³/mol. The lowest BCUT2D eigenvalue weighted by molar-refractivity contribution is 0.250. The molecule has 0 atom stereocenters. The molecule has 0 aliphatic heterocycles. The van der Waals surface area contributed by atoms with Crippen LogP contribution in [0.4, 0.5) is 11.4 Å². The highest BCUT2D eigenvalue weighted by Crippen LogP contribution is 2.37. The van der Waals surface area contributed by atoms with Crippen molar-refractivity contribution in [3.63, 3.8) is 0 Å². The maximum atomic E-state index is 10.4. The molecule has 31 heavy (non-hydrogen) atoms. The van der Waals surface area contributed by atoms with E-state index in [1.165, 1.54) is 38.5 Å². The minimum absolute atomic E-state index is 0.481. The second kappa shape index (κ2) is 11.9. The van der Waals surface area contributed by atoms with Crippen LogP contribution in [0.2, 0.25) is 5.02 Å². The molecule has 0 spiro atoms. The van der Waals surface area contributed by atoms with Crippen LogP contribution in [0.1, 0.15) is 57.8 Å². The summed E-state index contributed by atoms with van der Waals surface area (Å²) in [6.45, 7) is 8.11. The standard InChI is InChI=1S/C27H33ClN2O/c1-21(29-31)8-6-9-23-16-18-24(19-17-23)15-14-22(2)30(26-11-4-3-5-12-26)27-13-7-10-25(28)20-27/h3-5,7,10-13,20,23-24H,1-2,6,8-9,14-19H2. The van der Waals surface area contributed by atoms with Crippen LogP contribution in [0.25, 0.3) is 0 Å². The van der Waals surface area contributed by atoms with Gasteiger partial charge in [-0.05, 0) is 73.0 Å². The fourth-order valence-corrected chi connectivity index (χ4v) is 4.82. The molecular formula is C27H33ClN2O. The molecule has 164 valence electrons. The van der Waals surface area contributed by atoms with Crippen LogP contribution in [0.15, 0.2) is 84.3 Å². The van der Waals surface area contributed by atoms with Crippen molar-refractivity contribution < 1.29 is 0 Å². The molecule has 3 nitrogen and oxygen atoms in total. The Morgan fingerprint density at radius 3 is 2.19 bits per heavy atom. The third kappa shape index (κ3) is 7.07. The average molecular weight is 437 g/mol. The van der Waals surface area contributed by atoms with Crippen molar-refractivity contribution in [1.29, 1.82) is 0 Å². The highest BCUT2D eigenvalue weighted by Gasteiger charge is 2.22. The van der Waals surface area contributed by atoms with Crippen LogP contribution >= 0.6 is 11.6 Å². The van der Waals surface area contributed by atoms with E-state index < -0.39 is 0 Å². The van der Waals surface area contributed by atoms with Crippen LogP contribution in [0.3, 0.4) is 0 Å². The second-order valence-corrected chi connectivity index (χ2v) is 9.13. The van der Waals surface area contributed by atoms with Crippen molar-refractivity contribution >= 4 is 23.0 Å². The van der Waals surface area contributed by atoms with E-state index in [0.29, 0.717) is 5.70 Å². The van der Waals surface area contributed by atoms with E-state index in [2.05, 4.69) is 53.6 Å². The van der Waals surface area contributed by atoms with Crippen LogP contribution in [0.5, 0.6) is 0 Å². The lowest BCUT2D eigenvalue weighted by atomic mass is 9.78. The zero-order chi connectivity index (χ0) is 22.1. The quantitative estimate of drug-likeness (QED) is 0.329. The van der Waals surface area contributed by atoms with Crippen molar-refractivity contribution in [1.82, 2.24) is 0 Å². The molecule has 2 aromatic rings. The van der Waals surface area contributed by atoms with E-state index in [1.807, 2.05) is 24.3 Å². The Morgan fingerprint density at radius 2 is 1.55 bits per heavy atom. The minimum Gasteiger partial charge on any atom is -0.315 e. The van der Waals surface area contributed by atoms with E-state index in [1.54, 1.807) is 0 Å². The third-order valence-corrected chi connectivity index (χ3v) is 6.65. The average Bonchev–Trinajstić information content (AvgIpc) is 2.79. The Labute approximate surface area is 191 Å². The highest BCUT2D eigenvalue weighted by atomic mass is 35.5. The summed E-state index contributed by atoms with van der Waals surface area (Å²) in [7, 11) is 0. The Morgan fingerprint density at radius 1 is 0.903 bits per heavy atom. The van der Waals surface area contributed by atoms with Crippen LogP contribution < -0.4 is 4.90 Å². The smallest absolute Gasteiger partial charge is 0.0777 e. The van der Waals surface area contributed by atoms with E-state index in [4.69, 9.17) is 11.6 Å². The minimum atomic E-state index is 0.481. The van der Waals surface area contributed by atoms with Gasteiger partial charge in [-0.3, -0.25) is 0 Å². The van der Waals surface area contributed by atoms with Gasteiger partial charge in [-0.15, -0.1) is 4.91 Å². The molecule has 1 aliphatic rings. The molecule has 2 aromatic carbocycles. The fraction of sp³-hybridized carbons (Fsp3) is 0.407. The van der Waals surface area contributed by atoms with Gasteiger partial charge in [0, 0.05) is 22.1 Å². The fourth-order valence-electron chi connectivity index (χ4n) is 4.64. The van der Waals surface area contributed by atoms with Gasteiger partial charge in [-0.2, -0.15) is 0 Å². The van der Waals surface area contributed by atoms with Gasteiger partial charge in [0.1, 0.15) is 0 Å². The van der Waals surface area contributed by atoms with Gasteiger partial charge >= 0.3 is 0 Å². The van der Waals surface area contributed by atoms with Crippen LogP contribution in [-0.4, -0.2) is 0 Å². The number of hydrogen-bond donors (Lipinski definition) is 0. The lowest BCUT2D eigenvalue weighted by Gasteiger charge is -2.31. The molecule has 3 rings (SSSR count). The van der Waals surface area contributed by atoms with Gasteiger partial charge < -0.3 is 4.90 Å². The number of benzene rings is 2. The molecule has 0 bridgehead atoms. The predicted octanol–water partition coefficient (Wildman–Crippen LogP) is 9.03. The molecule has 0 amide bonds. The van der Waals surface area contributed by atoms with Crippen molar-refractivity contribution in [2.24, 2.45) is 17.0 Å². The topological polar surface area (TPSA) is 32.7 Å². The summed E-state index contributed by atoms with van der Waals surface area (Å²) >= 11 is 6.27. The molecule has 4 heteroatoms.